The van der Waals surface area contributed by atoms with Gasteiger partial charge in [0, 0.05) is 11.8 Å². The Hall–Kier alpha value is -0.940. The normalized spacial score (nSPS) is 10.7. The highest BCUT2D eigenvalue weighted by atomic mass is 32.1. The van der Waals surface area contributed by atoms with E-state index in [0.29, 0.717) is 4.77 Å². The summed E-state index contributed by atoms with van der Waals surface area (Å²) in [6, 6.07) is 0. The molecule has 0 aliphatic heterocycles. The third-order valence-electron chi connectivity index (χ3n) is 2.13. The summed E-state index contributed by atoms with van der Waals surface area (Å²) in [4.78, 5) is 0. The molecule has 0 aromatic carbocycles. The maximum atomic E-state index is 5.20. The second-order valence-electron chi connectivity index (χ2n) is 3.07. The summed E-state index contributed by atoms with van der Waals surface area (Å²) in [6.07, 6.45) is 0.877. The van der Waals surface area contributed by atoms with Gasteiger partial charge in [-0.15, -0.1) is 11.3 Å². The molecule has 0 fully saturated rings. The standard InChI is InChI=1S/C9H11N3S2/c1-3-8-10-11-9(13)12(8)7-5-14-4-6(7)2/h4-5H,3H2,1-2H3,(H,11,13). The molecule has 0 unspecified atom stereocenters. The summed E-state index contributed by atoms with van der Waals surface area (Å²) in [5.41, 5.74) is 2.38. The van der Waals surface area contributed by atoms with Gasteiger partial charge in [0.1, 0.15) is 5.82 Å². The number of thiophene rings is 1. The van der Waals surface area contributed by atoms with E-state index < -0.39 is 0 Å². The fourth-order valence-corrected chi connectivity index (χ4v) is 2.46. The quantitative estimate of drug-likeness (QED) is 0.797. The number of aromatic amines is 1. The van der Waals surface area contributed by atoms with Gasteiger partial charge in [-0.2, -0.15) is 5.10 Å². The summed E-state index contributed by atoms with van der Waals surface area (Å²) in [5, 5.41) is 11.2. The predicted octanol–water partition coefficient (Wildman–Crippen LogP) is 2.86. The van der Waals surface area contributed by atoms with E-state index >= 15 is 0 Å². The van der Waals surface area contributed by atoms with Crippen LogP contribution in [0.5, 0.6) is 0 Å². The van der Waals surface area contributed by atoms with Gasteiger partial charge in [0.15, 0.2) is 4.77 Å². The number of rotatable bonds is 2. The van der Waals surface area contributed by atoms with Gasteiger partial charge >= 0.3 is 0 Å². The van der Waals surface area contributed by atoms with Crippen molar-refractivity contribution in [1.29, 1.82) is 0 Å². The molecule has 0 saturated carbocycles. The van der Waals surface area contributed by atoms with Crippen molar-refractivity contribution < 1.29 is 0 Å². The molecule has 0 radical (unpaired) electrons. The van der Waals surface area contributed by atoms with Crippen LogP contribution >= 0.6 is 23.6 Å². The fraction of sp³-hybridized carbons (Fsp3) is 0.333. The van der Waals surface area contributed by atoms with Gasteiger partial charge in [0.25, 0.3) is 0 Å². The SMILES string of the molecule is CCc1n[nH]c(=S)n1-c1cscc1C. The highest BCUT2D eigenvalue weighted by Gasteiger charge is 2.08. The van der Waals surface area contributed by atoms with Crippen LogP contribution in [0.4, 0.5) is 0 Å². The number of nitrogens with one attached hydrogen (secondary N) is 1. The number of hydrogen-bond acceptors (Lipinski definition) is 3. The lowest BCUT2D eigenvalue weighted by Crippen LogP contribution is -2.00. The van der Waals surface area contributed by atoms with E-state index in [1.54, 1.807) is 11.3 Å². The Morgan fingerprint density at radius 2 is 2.36 bits per heavy atom. The summed E-state index contributed by atoms with van der Waals surface area (Å²) in [5.74, 6) is 0.983. The Labute approximate surface area is 91.4 Å². The third-order valence-corrected chi connectivity index (χ3v) is 3.25. The Morgan fingerprint density at radius 3 is 2.93 bits per heavy atom. The van der Waals surface area contributed by atoms with Crippen LogP contribution in [0.25, 0.3) is 5.69 Å². The Morgan fingerprint density at radius 1 is 1.57 bits per heavy atom. The van der Waals surface area contributed by atoms with Crippen LogP contribution in [0.3, 0.4) is 0 Å². The van der Waals surface area contributed by atoms with Crippen molar-refractivity contribution in [3.8, 4) is 5.69 Å². The Bertz CT molecular complexity index is 492. The van der Waals surface area contributed by atoms with Crippen LogP contribution in [-0.4, -0.2) is 14.8 Å². The van der Waals surface area contributed by atoms with Gasteiger partial charge in [-0.05, 0) is 30.1 Å². The van der Waals surface area contributed by atoms with Crippen molar-refractivity contribution in [3.63, 3.8) is 0 Å². The Balaban J connectivity index is 2.67. The molecule has 1 N–H and O–H groups in total. The molecule has 2 heterocycles. The minimum absolute atomic E-state index is 0.670. The zero-order valence-electron chi connectivity index (χ0n) is 8.07. The molecule has 0 bridgehead atoms. The van der Waals surface area contributed by atoms with E-state index in [-0.39, 0.29) is 0 Å². The lowest BCUT2D eigenvalue weighted by Gasteiger charge is -2.03. The summed E-state index contributed by atoms with van der Waals surface area (Å²) in [7, 11) is 0. The average Bonchev–Trinajstić information content (AvgIpc) is 2.72. The van der Waals surface area contributed by atoms with Crippen LogP contribution in [0.15, 0.2) is 10.8 Å². The Kier molecular flexibility index (Phi) is 2.52. The molecule has 2 aromatic heterocycles. The first kappa shape index (κ1) is 9.61. The predicted molar refractivity (Wildman–Crippen MR) is 60.7 cm³/mol. The first-order valence-electron chi connectivity index (χ1n) is 4.43. The number of H-pyrrole nitrogens is 1. The summed E-state index contributed by atoms with van der Waals surface area (Å²) in [6.45, 7) is 4.16. The zero-order chi connectivity index (χ0) is 10.1. The molecule has 2 rings (SSSR count). The van der Waals surface area contributed by atoms with Gasteiger partial charge < -0.3 is 0 Å². The molecule has 0 saturated heterocycles. The number of hydrogen-bond donors (Lipinski definition) is 1. The minimum Gasteiger partial charge on any atom is -0.271 e. The topological polar surface area (TPSA) is 33.6 Å². The molecule has 0 atom stereocenters. The van der Waals surface area contributed by atoms with Crippen molar-refractivity contribution in [2.75, 3.05) is 0 Å². The van der Waals surface area contributed by atoms with Crippen LogP contribution in [0.1, 0.15) is 18.3 Å². The number of aryl methyl sites for hydroxylation is 2. The highest BCUT2D eigenvalue weighted by molar-refractivity contribution is 7.71. The van der Waals surface area contributed by atoms with Gasteiger partial charge in [-0.1, -0.05) is 6.92 Å². The lowest BCUT2D eigenvalue weighted by molar-refractivity contribution is 0.878. The maximum Gasteiger partial charge on any atom is 0.199 e. The molecule has 0 aliphatic rings. The van der Waals surface area contributed by atoms with Crippen molar-refractivity contribution in [2.45, 2.75) is 20.3 Å². The van der Waals surface area contributed by atoms with Gasteiger partial charge in [-0.3, -0.25) is 9.67 Å². The van der Waals surface area contributed by atoms with E-state index in [1.807, 2.05) is 4.57 Å². The summed E-state index contributed by atoms with van der Waals surface area (Å²) >= 11 is 6.88. The first-order chi connectivity index (χ1) is 6.74. The van der Waals surface area contributed by atoms with Crippen molar-refractivity contribution in [1.82, 2.24) is 14.8 Å². The third kappa shape index (κ3) is 1.42. The number of aromatic nitrogens is 3. The molecule has 0 amide bonds. The first-order valence-corrected chi connectivity index (χ1v) is 5.78. The van der Waals surface area contributed by atoms with E-state index in [1.165, 1.54) is 5.56 Å². The second kappa shape index (κ2) is 3.67. The molecule has 14 heavy (non-hydrogen) atoms. The van der Waals surface area contributed by atoms with Crippen molar-refractivity contribution in [3.05, 3.63) is 26.9 Å². The largest absolute Gasteiger partial charge is 0.271 e. The fourth-order valence-electron chi connectivity index (χ4n) is 1.40. The molecule has 3 nitrogen and oxygen atoms in total. The van der Waals surface area contributed by atoms with Crippen LogP contribution in [0, 0.1) is 11.7 Å². The van der Waals surface area contributed by atoms with Crippen LogP contribution in [-0.2, 0) is 6.42 Å². The van der Waals surface area contributed by atoms with Gasteiger partial charge in [0.2, 0.25) is 0 Å². The van der Waals surface area contributed by atoms with E-state index in [0.717, 1.165) is 17.9 Å². The van der Waals surface area contributed by atoms with Crippen LogP contribution < -0.4 is 0 Å². The van der Waals surface area contributed by atoms with E-state index in [2.05, 4.69) is 34.8 Å². The monoisotopic (exact) mass is 225 g/mol. The van der Waals surface area contributed by atoms with Crippen molar-refractivity contribution in [2.24, 2.45) is 0 Å². The van der Waals surface area contributed by atoms with E-state index in [4.69, 9.17) is 12.2 Å². The molecule has 74 valence electrons. The smallest absolute Gasteiger partial charge is 0.199 e. The zero-order valence-corrected chi connectivity index (χ0v) is 9.71. The average molecular weight is 225 g/mol. The van der Waals surface area contributed by atoms with Crippen molar-refractivity contribution >= 4 is 23.6 Å². The summed E-state index contributed by atoms with van der Waals surface area (Å²) < 4.78 is 2.67. The molecule has 0 spiro atoms. The molecule has 0 aliphatic carbocycles. The minimum atomic E-state index is 0.670. The van der Waals surface area contributed by atoms with Gasteiger partial charge in [0.05, 0.1) is 5.69 Å². The molecular weight excluding hydrogens is 214 g/mol. The lowest BCUT2D eigenvalue weighted by atomic mass is 10.3. The maximum absolute atomic E-state index is 5.20. The molecule has 5 heteroatoms. The van der Waals surface area contributed by atoms with Crippen LogP contribution in [0.2, 0.25) is 0 Å². The number of nitrogens with zero attached hydrogens (tertiary/aromatic N) is 2. The molecule has 2 aromatic rings. The molecular formula is C9H11N3S2. The highest BCUT2D eigenvalue weighted by Crippen LogP contribution is 2.20. The second-order valence-corrected chi connectivity index (χ2v) is 4.20. The van der Waals surface area contributed by atoms with E-state index in [9.17, 15) is 0 Å². The van der Waals surface area contributed by atoms with Gasteiger partial charge in [-0.25, -0.2) is 0 Å².